The summed E-state index contributed by atoms with van der Waals surface area (Å²) in [6, 6.07) is 4.41. The molecule has 0 amide bonds. The van der Waals surface area contributed by atoms with E-state index in [2.05, 4.69) is 26.1 Å². The molecule has 100 valence electrons. The molecule has 0 spiro atoms. The minimum atomic E-state index is -0.335. The van der Waals surface area contributed by atoms with Crippen molar-refractivity contribution in [3.8, 4) is 11.4 Å². The summed E-state index contributed by atoms with van der Waals surface area (Å²) in [6.45, 7) is 0. The predicted octanol–water partition coefficient (Wildman–Crippen LogP) is 2.80. The van der Waals surface area contributed by atoms with Crippen molar-refractivity contribution in [3.63, 3.8) is 0 Å². The molecule has 7 heteroatoms. The summed E-state index contributed by atoms with van der Waals surface area (Å²) in [5.74, 6) is 2.43. The summed E-state index contributed by atoms with van der Waals surface area (Å²) in [6.07, 6.45) is 0. The summed E-state index contributed by atoms with van der Waals surface area (Å²) >= 11 is 5.13. The Morgan fingerprint density at radius 1 is 1.42 bits per heavy atom. The van der Waals surface area contributed by atoms with Crippen molar-refractivity contribution in [1.29, 1.82) is 0 Å². The van der Waals surface area contributed by atoms with Crippen LogP contribution in [-0.4, -0.2) is 27.7 Å². The van der Waals surface area contributed by atoms with Crippen LogP contribution in [0.2, 0.25) is 0 Å². The van der Waals surface area contributed by atoms with E-state index in [4.69, 9.17) is 10.3 Å². The quantitative estimate of drug-likeness (QED) is 0.908. The second kappa shape index (κ2) is 5.22. The third-order valence-corrected chi connectivity index (χ3v) is 4.96. The van der Waals surface area contributed by atoms with Gasteiger partial charge in [-0.1, -0.05) is 21.1 Å². The van der Waals surface area contributed by atoms with Crippen LogP contribution in [0, 0.1) is 5.82 Å². The Balaban J connectivity index is 1.94. The summed E-state index contributed by atoms with van der Waals surface area (Å²) in [7, 11) is 0. The van der Waals surface area contributed by atoms with Crippen molar-refractivity contribution in [1.82, 2.24) is 10.1 Å². The molecule has 0 saturated carbocycles. The molecule has 3 rings (SSSR count). The van der Waals surface area contributed by atoms with E-state index >= 15 is 0 Å². The number of halogens is 2. The SMILES string of the molecule is NC1CSCC1c1nc(-c2cc(F)ccc2Br)no1. The molecule has 1 fully saturated rings. The van der Waals surface area contributed by atoms with Gasteiger partial charge in [0.1, 0.15) is 5.82 Å². The van der Waals surface area contributed by atoms with Gasteiger partial charge in [-0.25, -0.2) is 4.39 Å². The number of hydrogen-bond acceptors (Lipinski definition) is 5. The van der Waals surface area contributed by atoms with E-state index in [1.54, 1.807) is 17.8 Å². The van der Waals surface area contributed by atoms with Gasteiger partial charge in [0.15, 0.2) is 0 Å². The molecular weight excluding hydrogens is 333 g/mol. The molecule has 2 aromatic rings. The largest absolute Gasteiger partial charge is 0.339 e. The zero-order valence-corrected chi connectivity index (χ0v) is 12.2. The van der Waals surface area contributed by atoms with E-state index in [1.165, 1.54) is 12.1 Å². The van der Waals surface area contributed by atoms with Crippen LogP contribution in [0.4, 0.5) is 4.39 Å². The lowest BCUT2D eigenvalue weighted by molar-refractivity contribution is 0.352. The average Bonchev–Trinajstić information content (AvgIpc) is 3.00. The first-order chi connectivity index (χ1) is 9.15. The van der Waals surface area contributed by atoms with Crippen LogP contribution in [-0.2, 0) is 0 Å². The van der Waals surface area contributed by atoms with Crippen LogP contribution in [0.5, 0.6) is 0 Å². The van der Waals surface area contributed by atoms with Crippen molar-refractivity contribution < 1.29 is 8.91 Å². The van der Waals surface area contributed by atoms with E-state index in [0.29, 0.717) is 17.3 Å². The maximum atomic E-state index is 13.3. The zero-order valence-electron chi connectivity index (χ0n) is 9.85. The van der Waals surface area contributed by atoms with Crippen molar-refractivity contribution in [2.75, 3.05) is 11.5 Å². The Morgan fingerprint density at radius 3 is 3.00 bits per heavy atom. The predicted molar refractivity (Wildman–Crippen MR) is 75.4 cm³/mol. The number of rotatable bonds is 2. The molecule has 2 atom stereocenters. The lowest BCUT2D eigenvalue weighted by Gasteiger charge is -2.07. The van der Waals surface area contributed by atoms with E-state index in [1.807, 2.05) is 0 Å². The number of nitrogens with two attached hydrogens (primary N) is 1. The number of nitrogens with zero attached hydrogens (tertiary/aromatic N) is 2. The Kier molecular flexibility index (Phi) is 3.60. The third-order valence-electron chi connectivity index (χ3n) is 3.05. The van der Waals surface area contributed by atoms with Gasteiger partial charge in [0.2, 0.25) is 11.7 Å². The molecule has 1 aliphatic heterocycles. The van der Waals surface area contributed by atoms with E-state index < -0.39 is 0 Å². The minimum Gasteiger partial charge on any atom is -0.339 e. The maximum Gasteiger partial charge on any atom is 0.232 e. The average molecular weight is 344 g/mol. The first-order valence-electron chi connectivity index (χ1n) is 5.77. The molecule has 19 heavy (non-hydrogen) atoms. The van der Waals surface area contributed by atoms with Gasteiger partial charge in [-0.3, -0.25) is 0 Å². The fourth-order valence-electron chi connectivity index (χ4n) is 1.99. The monoisotopic (exact) mass is 343 g/mol. The van der Waals surface area contributed by atoms with Crippen LogP contribution in [0.15, 0.2) is 27.2 Å². The second-order valence-electron chi connectivity index (χ2n) is 4.39. The number of benzene rings is 1. The van der Waals surface area contributed by atoms with Crippen LogP contribution in [0.3, 0.4) is 0 Å². The number of aromatic nitrogens is 2. The van der Waals surface area contributed by atoms with Crippen molar-refractivity contribution in [2.45, 2.75) is 12.0 Å². The third kappa shape index (κ3) is 2.54. The van der Waals surface area contributed by atoms with Gasteiger partial charge >= 0.3 is 0 Å². The van der Waals surface area contributed by atoms with Crippen LogP contribution >= 0.6 is 27.7 Å². The maximum absolute atomic E-state index is 13.3. The molecule has 1 aromatic heterocycles. The highest BCUT2D eigenvalue weighted by Gasteiger charge is 2.31. The number of hydrogen-bond donors (Lipinski definition) is 1. The van der Waals surface area contributed by atoms with Crippen molar-refractivity contribution in [3.05, 3.63) is 34.4 Å². The van der Waals surface area contributed by atoms with Crippen LogP contribution < -0.4 is 5.73 Å². The standard InChI is InChI=1S/C12H11BrFN3OS/c13-9-2-1-6(14)3-7(9)11-16-12(18-17-11)8-4-19-5-10(8)15/h1-3,8,10H,4-5,15H2. The summed E-state index contributed by atoms with van der Waals surface area (Å²) in [5.41, 5.74) is 6.57. The number of thioether (sulfide) groups is 1. The topological polar surface area (TPSA) is 64.9 Å². The zero-order chi connectivity index (χ0) is 13.4. The van der Waals surface area contributed by atoms with Gasteiger partial charge in [-0.15, -0.1) is 0 Å². The smallest absolute Gasteiger partial charge is 0.232 e. The molecule has 0 radical (unpaired) electrons. The first-order valence-corrected chi connectivity index (χ1v) is 7.72. The lowest BCUT2D eigenvalue weighted by Crippen LogP contribution is -2.26. The Morgan fingerprint density at radius 2 is 2.26 bits per heavy atom. The highest BCUT2D eigenvalue weighted by Crippen LogP contribution is 2.33. The van der Waals surface area contributed by atoms with E-state index in [-0.39, 0.29) is 17.8 Å². The fraction of sp³-hybridized carbons (Fsp3) is 0.333. The molecule has 2 unspecified atom stereocenters. The van der Waals surface area contributed by atoms with Gasteiger partial charge in [-0.05, 0) is 18.2 Å². The molecule has 0 bridgehead atoms. The van der Waals surface area contributed by atoms with E-state index in [0.717, 1.165) is 16.0 Å². The highest BCUT2D eigenvalue weighted by atomic mass is 79.9. The molecule has 2 N–H and O–H groups in total. The molecule has 0 aliphatic carbocycles. The van der Waals surface area contributed by atoms with Gasteiger partial charge in [-0.2, -0.15) is 16.7 Å². The van der Waals surface area contributed by atoms with Gasteiger partial charge in [0.25, 0.3) is 0 Å². The van der Waals surface area contributed by atoms with Gasteiger partial charge in [0.05, 0.1) is 5.92 Å². The Hall–Kier alpha value is -0.920. The molecule has 4 nitrogen and oxygen atoms in total. The van der Waals surface area contributed by atoms with Crippen LogP contribution in [0.25, 0.3) is 11.4 Å². The van der Waals surface area contributed by atoms with Crippen molar-refractivity contribution >= 4 is 27.7 Å². The van der Waals surface area contributed by atoms with Crippen molar-refractivity contribution in [2.24, 2.45) is 5.73 Å². The summed E-state index contributed by atoms with van der Waals surface area (Å²) in [5, 5.41) is 3.92. The molecule has 2 heterocycles. The fourth-order valence-corrected chi connectivity index (χ4v) is 3.70. The molecular formula is C12H11BrFN3OS. The lowest BCUT2D eigenvalue weighted by atomic mass is 10.1. The minimum absolute atomic E-state index is 0.0363. The van der Waals surface area contributed by atoms with Gasteiger partial charge in [0, 0.05) is 27.6 Å². The Labute approximate surface area is 122 Å². The van der Waals surface area contributed by atoms with E-state index in [9.17, 15) is 4.39 Å². The molecule has 1 aromatic carbocycles. The summed E-state index contributed by atoms with van der Waals surface area (Å²) < 4.78 is 19.3. The summed E-state index contributed by atoms with van der Waals surface area (Å²) in [4.78, 5) is 4.35. The highest BCUT2D eigenvalue weighted by molar-refractivity contribution is 9.10. The second-order valence-corrected chi connectivity index (χ2v) is 6.32. The molecule has 1 saturated heterocycles. The van der Waals surface area contributed by atoms with Gasteiger partial charge < -0.3 is 10.3 Å². The molecule has 1 aliphatic rings. The first kappa shape index (κ1) is 13.1. The van der Waals surface area contributed by atoms with Crippen LogP contribution in [0.1, 0.15) is 11.8 Å². The Bertz CT molecular complexity index is 606. The normalized spacial score (nSPS) is 22.9.